The predicted octanol–water partition coefficient (Wildman–Crippen LogP) is 2.11. The molecule has 0 bridgehead atoms. The fraction of sp³-hybridized carbons (Fsp3) is 0.188. The number of phenols is 1. The summed E-state index contributed by atoms with van der Waals surface area (Å²) in [4.78, 5) is 23.1. The zero-order chi connectivity index (χ0) is 19.6. The van der Waals surface area contributed by atoms with Gasteiger partial charge < -0.3 is 10.0 Å². The van der Waals surface area contributed by atoms with Crippen LogP contribution in [0.3, 0.4) is 0 Å². The van der Waals surface area contributed by atoms with Crippen LogP contribution in [0.1, 0.15) is 15.9 Å². The Morgan fingerprint density at radius 1 is 1.23 bits per heavy atom. The maximum Gasteiger partial charge on any atom is 0.289 e. The average molecular weight is 379 g/mol. The molecule has 1 amide bonds. The van der Waals surface area contributed by atoms with Crippen molar-refractivity contribution < 1.29 is 23.2 Å². The first-order valence-electron chi connectivity index (χ1n) is 7.36. The Labute approximate surface area is 150 Å². The number of phenolic OH excluding ortho intramolecular Hbond substituents is 1. The Morgan fingerprint density at radius 2 is 1.85 bits per heavy atom. The number of carbonyl (C=O) groups is 1. The minimum Gasteiger partial charge on any atom is -0.507 e. The van der Waals surface area contributed by atoms with Crippen LogP contribution in [-0.4, -0.2) is 43.4 Å². The van der Waals surface area contributed by atoms with E-state index in [2.05, 4.69) is 4.72 Å². The highest BCUT2D eigenvalue weighted by Gasteiger charge is 2.26. The normalized spacial score (nSPS) is 11.0. The van der Waals surface area contributed by atoms with E-state index in [0.29, 0.717) is 0 Å². The standard InChI is InChI=1S/C16H17N3O6S/c1-10-8-11(9-12(15(10)20)16(21)18(2)3)17-26(24,25)14-7-5-4-6-13(14)19(22)23/h4-9,17,20H,1-3H3. The van der Waals surface area contributed by atoms with Crippen molar-refractivity contribution in [3.63, 3.8) is 0 Å². The molecule has 0 heterocycles. The van der Waals surface area contributed by atoms with E-state index >= 15 is 0 Å². The molecule has 2 N–H and O–H groups in total. The number of benzene rings is 2. The molecule has 10 heteroatoms. The van der Waals surface area contributed by atoms with Gasteiger partial charge in [0.1, 0.15) is 5.75 Å². The topological polar surface area (TPSA) is 130 Å². The highest BCUT2D eigenvalue weighted by Crippen LogP contribution is 2.30. The highest BCUT2D eigenvalue weighted by atomic mass is 32.2. The fourth-order valence-corrected chi connectivity index (χ4v) is 3.50. The van der Waals surface area contributed by atoms with Gasteiger partial charge in [-0.2, -0.15) is 0 Å². The molecular weight excluding hydrogens is 362 g/mol. The van der Waals surface area contributed by atoms with Crippen molar-refractivity contribution in [1.29, 1.82) is 0 Å². The molecule has 0 spiro atoms. The van der Waals surface area contributed by atoms with Gasteiger partial charge in [0.05, 0.1) is 16.2 Å². The zero-order valence-corrected chi connectivity index (χ0v) is 15.1. The van der Waals surface area contributed by atoms with E-state index in [-0.39, 0.29) is 22.6 Å². The second-order valence-electron chi connectivity index (χ2n) is 5.72. The van der Waals surface area contributed by atoms with Gasteiger partial charge in [0.25, 0.3) is 21.6 Å². The van der Waals surface area contributed by atoms with Gasteiger partial charge in [-0.05, 0) is 30.7 Å². The van der Waals surface area contributed by atoms with Crippen LogP contribution in [0.2, 0.25) is 0 Å². The molecule has 138 valence electrons. The van der Waals surface area contributed by atoms with E-state index in [1.54, 1.807) is 0 Å². The molecule has 0 aliphatic rings. The molecule has 2 aromatic rings. The maximum absolute atomic E-state index is 12.6. The quantitative estimate of drug-likeness (QED) is 0.465. The van der Waals surface area contributed by atoms with Gasteiger partial charge in [-0.3, -0.25) is 19.6 Å². The number of nitrogens with zero attached hydrogens (tertiary/aromatic N) is 2. The van der Waals surface area contributed by atoms with Crippen molar-refractivity contribution in [1.82, 2.24) is 4.90 Å². The summed E-state index contributed by atoms with van der Waals surface area (Å²) >= 11 is 0. The molecule has 9 nitrogen and oxygen atoms in total. The first kappa shape index (κ1) is 19.2. The summed E-state index contributed by atoms with van der Waals surface area (Å²) in [6.45, 7) is 1.50. The number of hydrogen-bond acceptors (Lipinski definition) is 6. The average Bonchev–Trinajstić information content (AvgIpc) is 2.56. The van der Waals surface area contributed by atoms with E-state index in [1.165, 1.54) is 50.2 Å². The van der Waals surface area contributed by atoms with Gasteiger partial charge in [-0.1, -0.05) is 12.1 Å². The highest BCUT2D eigenvalue weighted by molar-refractivity contribution is 7.92. The van der Waals surface area contributed by atoms with Crippen LogP contribution in [0.15, 0.2) is 41.3 Å². The fourth-order valence-electron chi connectivity index (χ4n) is 2.29. The van der Waals surface area contributed by atoms with Crippen LogP contribution in [0.5, 0.6) is 5.75 Å². The molecule has 0 saturated heterocycles. The second kappa shape index (κ2) is 7.00. The molecule has 0 aromatic heterocycles. The van der Waals surface area contributed by atoms with E-state index < -0.39 is 31.4 Å². The Balaban J connectivity index is 2.52. The van der Waals surface area contributed by atoms with Crippen molar-refractivity contribution in [2.75, 3.05) is 18.8 Å². The third kappa shape index (κ3) is 3.75. The predicted molar refractivity (Wildman–Crippen MR) is 94.8 cm³/mol. The van der Waals surface area contributed by atoms with Gasteiger partial charge in [-0.15, -0.1) is 0 Å². The number of anilines is 1. The summed E-state index contributed by atoms with van der Waals surface area (Å²) in [6.07, 6.45) is 0. The molecule has 0 radical (unpaired) electrons. The lowest BCUT2D eigenvalue weighted by atomic mass is 10.1. The number of nitrogens with one attached hydrogen (secondary N) is 1. The van der Waals surface area contributed by atoms with Crippen LogP contribution in [0.4, 0.5) is 11.4 Å². The Hall–Kier alpha value is -3.14. The number of para-hydroxylation sites is 1. The minimum absolute atomic E-state index is 0.00338. The summed E-state index contributed by atoms with van der Waals surface area (Å²) in [6, 6.07) is 7.42. The first-order valence-corrected chi connectivity index (χ1v) is 8.84. The van der Waals surface area contributed by atoms with Crippen LogP contribution in [-0.2, 0) is 10.0 Å². The lowest BCUT2D eigenvalue weighted by molar-refractivity contribution is -0.387. The summed E-state index contributed by atoms with van der Waals surface area (Å²) in [5.41, 5.74) is -0.378. The van der Waals surface area contributed by atoms with Crippen LogP contribution in [0.25, 0.3) is 0 Å². The van der Waals surface area contributed by atoms with Gasteiger partial charge >= 0.3 is 0 Å². The molecular formula is C16H17N3O6S. The third-order valence-electron chi connectivity index (χ3n) is 3.54. The maximum atomic E-state index is 12.6. The Bertz CT molecular complexity index is 985. The number of amides is 1. The molecule has 26 heavy (non-hydrogen) atoms. The molecule has 0 atom stereocenters. The molecule has 0 aliphatic heterocycles. The third-order valence-corrected chi connectivity index (χ3v) is 4.97. The number of nitro groups is 1. The van der Waals surface area contributed by atoms with E-state index in [1.807, 2.05) is 0 Å². The number of aromatic hydroxyl groups is 1. The zero-order valence-electron chi connectivity index (χ0n) is 14.3. The van der Waals surface area contributed by atoms with Gasteiger partial charge in [0.2, 0.25) is 0 Å². The van der Waals surface area contributed by atoms with Crippen molar-refractivity contribution in [3.8, 4) is 5.75 Å². The molecule has 0 unspecified atom stereocenters. The smallest absolute Gasteiger partial charge is 0.289 e. The number of nitro benzene ring substituents is 1. The number of rotatable bonds is 5. The number of hydrogen-bond donors (Lipinski definition) is 2. The number of aryl methyl sites for hydroxylation is 1. The first-order chi connectivity index (χ1) is 12.0. The van der Waals surface area contributed by atoms with Crippen LogP contribution < -0.4 is 4.72 Å². The Kier molecular flexibility index (Phi) is 5.17. The number of carbonyl (C=O) groups excluding carboxylic acids is 1. The minimum atomic E-state index is -4.28. The monoisotopic (exact) mass is 379 g/mol. The molecule has 2 aromatic carbocycles. The van der Waals surface area contributed by atoms with Crippen molar-refractivity contribution in [3.05, 3.63) is 57.6 Å². The van der Waals surface area contributed by atoms with Crippen molar-refractivity contribution >= 4 is 27.3 Å². The van der Waals surface area contributed by atoms with Crippen molar-refractivity contribution in [2.45, 2.75) is 11.8 Å². The van der Waals surface area contributed by atoms with Crippen LogP contribution >= 0.6 is 0 Å². The van der Waals surface area contributed by atoms with E-state index in [0.717, 1.165) is 12.1 Å². The molecule has 0 fully saturated rings. The summed E-state index contributed by atoms with van der Waals surface area (Å²) in [7, 11) is -1.30. The summed E-state index contributed by atoms with van der Waals surface area (Å²) in [5.74, 6) is -0.783. The van der Waals surface area contributed by atoms with Gasteiger partial charge in [0.15, 0.2) is 4.90 Å². The lowest BCUT2D eigenvalue weighted by Crippen LogP contribution is -2.22. The van der Waals surface area contributed by atoms with Gasteiger partial charge in [0, 0.05) is 20.2 Å². The summed E-state index contributed by atoms with van der Waals surface area (Å²) < 4.78 is 27.3. The van der Waals surface area contributed by atoms with Crippen LogP contribution in [0, 0.1) is 17.0 Å². The van der Waals surface area contributed by atoms with E-state index in [9.17, 15) is 28.4 Å². The second-order valence-corrected chi connectivity index (χ2v) is 7.37. The summed E-state index contributed by atoms with van der Waals surface area (Å²) in [5, 5.41) is 21.1. The van der Waals surface area contributed by atoms with Gasteiger partial charge in [-0.25, -0.2) is 8.42 Å². The van der Waals surface area contributed by atoms with Crippen molar-refractivity contribution in [2.24, 2.45) is 0 Å². The molecule has 2 rings (SSSR count). The van der Waals surface area contributed by atoms with E-state index in [4.69, 9.17) is 0 Å². The lowest BCUT2D eigenvalue weighted by Gasteiger charge is -2.15. The molecule has 0 saturated carbocycles. The molecule has 0 aliphatic carbocycles. The largest absolute Gasteiger partial charge is 0.507 e. The SMILES string of the molecule is Cc1cc(NS(=O)(=O)c2ccccc2[N+](=O)[O-])cc(C(=O)N(C)C)c1O. The Morgan fingerprint density at radius 3 is 2.42 bits per heavy atom. The number of sulfonamides is 1.